The number of aromatic nitrogens is 1. The van der Waals surface area contributed by atoms with Gasteiger partial charge >= 0.3 is 12.0 Å². The molecule has 2 N–H and O–H groups in total. The Hall–Kier alpha value is -3.99. The van der Waals surface area contributed by atoms with Gasteiger partial charge in [-0.05, 0) is 36.8 Å². The van der Waals surface area contributed by atoms with Gasteiger partial charge in [0.15, 0.2) is 0 Å². The van der Waals surface area contributed by atoms with Gasteiger partial charge in [0.25, 0.3) is 5.69 Å². The number of hydrogen-bond donors (Lipinski definition) is 2. The van der Waals surface area contributed by atoms with Crippen molar-refractivity contribution in [3.63, 3.8) is 0 Å². The highest BCUT2D eigenvalue weighted by Gasteiger charge is 2.35. The minimum Gasteiger partial charge on any atom is -0.463 e. The van der Waals surface area contributed by atoms with Crippen molar-refractivity contribution in [2.75, 3.05) is 44.2 Å². The number of nitro groups is 1. The third-order valence-electron chi connectivity index (χ3n) is 5.81. The third kappa shape index (κ3) is 5.15. The van der Waals surface area contributed by atoms with E-state index in [0.29, 0.717) is 23.4 Å². The summed E-state index contributed by atoms with van der Waals surface area (Å²) in [6.45, 7) is 5.22. The summed E-state index contributed by atoms with van der Waals surface area (Å²) < 4.78 is 5.29. The number of carbonyl (C=O) groups excluding carboxylic acids is 2. The molecule has 0 aliphatic carbocycles. The SMILES string of the molecule is CCOC(=O)C1=C(CN2CCN(c3ccccn3)CC2)NC(=O)NC1c1ccc([N+](=O)[O-])cc1. The topological polar surface area (TPSA) is 130 Å². The number of anilines is 1. The van der Waals surface area contributed by atoms with E-state index in [1.54, 1.807) is 13.1 Å². The average molecular weight is 466 g/mol. The van der Waals surface area contributed by atoms with Crippen LogP contribution in [0.15, 0.2) is 59.9 Å². The standard InChI is InChI=1S/C23H26N6O5/c1-2-34-22(30)20-18(15-27-11-13-28(14-12-27)19-5-3-4-10-24-19)25-23(31)26-21(20)16-6-8-17(9-7-16)29(32)33/h3-10,21H,2,11-15H2,1H3,(H2,25,26,31). The van der Waals surface area contributed by atoms with Crippen LogP contribution in [0, 0.1) is 10.1 Å². The van der Waals surface area contributed by atoms with Gasteiger partial charge in [0.2, 0.25) is 0 Å². The molecular formula is C23H26N6O5. The molecule has 0 bridgehead atoms. The molecule has 0 radical (unpaired) electrons. The number of benzene rings is 1. The molecule has 1 aromatic carbocycles. The van der Waals surface area contributed by atoms with Crippen LogP contribution >= 0.6 is 0 Å². The van der Waals surface area contributed by atoms with Gasteiger partial charge in [-0.1, -0.05) is 6.07 Å². The van der Waals surface area contributed by atoms with Crippen LogP contribution in [-0.2, 0) is 9.53 Å². The van der Waals surface area contributed by atoms with E-state index in [9.17, 15) is 19.7 Å². The highest BCUT2D eigenvalue weighted by Crippen LogP contribution is 2.29. The maximum atomic E-state index is 12.9. The van der Waals surface area contributed by atoms with Gasteiger partial charge < -0.3 is 20.3 Å². The summed E-state index contributed by atoms with van der Waals surface area (Å²) in [5.41, 5.74) is 1.25. The first-order chi connectivity index (χ1) is 16.5. The zero-order chi connectivity index (χ0) is 24.1. The summed E-state index contributed by atoms with van der Waals surface area (Å²) in [5, 5.41) is 16.5. The summed E-state index contributed by atoms with van der Waals surface area (Å²) in [4.78, 5) is 44.7. The second-order valence-corrected chi connectivity index (χ2v) is 7.94. The number of nitrogens with zero attached hydrogens (tertiary/aromatic N) is 4. The molecule has 11 nitrogen and oxygen atoms in total. The van der Waals surface area contributed by atoms with Crippen molar-refractivity contribution in [2.24, 2.45) is 0 Å². The maximum Gasteiger partial charge on any atom is 0.338 e. The fraction of sp³-hybridized carbons (Fsp3) is 0.348. The first-order valence-corrected chi connectivity index (χ1v) is 11.1. The molecule has 1 saturated heterocycles. The number of esters is 1. The minimum absolute atomic E-state index is 0.0725. The highest BCUT2D eigenvalue weighted by atomic mass is 16.6. The lowest BCUT2D eigenvalue weighted by Gasteiger charge is -2.37. The number of rotatable bonds is 7. The molecule has 2 aliphatic heterocycles. The fourth-order valence-corrected chi connectivity index (χ4v) is 4.13. The molecule has 4 rings (SSSR count). The number of nitrogens with one attached hydrogen (secondary N) is 2. The zero-order valence-electron chi connectivity index (χ0n) is 18.8. The van der Waals surface area contributed by atoms with Gasteiger partial charge in [0, 0.05) is 56.8 Å². The van der Waals surface area contributed by atoms with E-state index in [1.165, 1.54) is 24.3 Å². The van der Waals surface area contributed by atoms with E-state index in [-0.39, 0.29) is 12.3 Å². The van der Waals surface area contributed by atoms with Crippen molar-refractivity contribution < 1.29 is 19.2 Å². The van der Waals surface area contributed by atoms with Crippen LogP contribution in [0.1, 0.15) is 18.5 Å². The lowest BCUT2D eigenvalue weighted by atomic mass is 9.94. The van der Waals surface area contributed by atoms with E-state index in [2.05, 4.69) is 25.4 Å². The van der Waals surface area contributed by atoms with Crippen LogP contribution in [0.4, 0.5) is 16.3 Å². The molecule has 34 heavy (non-hydrogen) atoms. The summed E-state index contributed by atoms with van der Waals surface area (Å²) >= 11 is 0. The monoisotopic (exact) mass is 466 g/mol. The number of ether oxygens (including phenoxy) is 1. The Kier molecular flexibility index (Phi) is 7.02. The van der Waals surface area contributed by atoms with Crippen molar-refractivity contribution in [3.05, 3.63) is 75.6 Å². The first kappa shape index (κ1) is 23.2. The smallest absolute Gasteiger partial charge is 0.338 e. The van der Waals surface area contributed by atoms with Crippen LogP contribution in [0.25, 0.3) is 0 Å². The van der Waals surface area contributed by atoms with Crippen molar-refractivity contribution in [1.82, 2.24) is 20.5 Å². The molecule has 2 aliphatic rings. The molecule has 1 unspecified atom stereocenters. The third-order valence-corrected chi connectivity index (χ3v) is 5.81. The number of piperazine rings is 1. The van der Waals surface area contributed by atoms with Gasteiger partial charge in [-0.3, -0.25) is 15.0 Å². The second-order valence-electron chi connectivity index (χ2n) is 7.94. The maximum absolute atomic E-state index is 12.9. The quantitative estimate of drug-likeness (QED) is 0.360. The van der Waals surface area contributed by atoms with Crippen LogP contribution in [0.3, 0.4) is 0 Å². The number of nitro benzene ring substituents is 1. The van der Waals surface area contributed by atoms with E-state index < -0.39 is 23.0 Å². The Morgan fingerprint density at radius 2 is 1.91 bits per heavy atom. The Labute approximate surface area is 196 Å². The van der Waals surface area contributed by atoms with Gasteiger partial charge in [0.05, 0.1) is 23.1 Å². The predicted molar refractivity (Wildman–Crippen MR) is 124 cm³/mol. The van der Waals surface area contributed by atoms with Crippen molar-refractivity contribution >= 4 is 23.5 Å². The molecule has 1 atom stereocenters. The molecule has 1 aromatic heterocycles. The van der Waals surface area contributed by atoms with E-state index in [4.69, 9.17) is 4.74 Å². The van der Waals surface area contributed by atoms with Gasteiger partial charge in [-0.15, -0.1) is 0 Å². The summed E-state index contributed by atoms with van der Waals surface area (Å²) in [6, 6.07) is 10.4. The molecule has 2 amide bonds. The number of amides is 2. The Bertz CT molecular complexity index is 1080. The zero-order valence-corrected chi connectivity index (χ0v) is 18.8. The normalized spacial score (nSPS) is 18.8. The first-order valence-electron chi connectivity index (χ1n) is 11.1. The van der Waals surface area contributed by atoms with Crippen molar-refractivity contribution in [1.29, 1.82) is 0 Å². The van der Waals surface area contributed by atoms with Gasteiger partial charge in [-0.2, -0.15) is 0 Å². The molecule has 178 valence electrons. The molecule has 3 heterocycles. The van der Waals surface area contributed by atoms with E-state index in [0.717, 1.165) is 32.0 Å². The molecule has 1 fully saturated rings. The summed E-state index contributed by atoms with van der Waals surface area (Å²) in [6.07, 6.45) is 1.76. The predicted octanol–water partition coefficient (Wildman–Crippen LogP) is 1.98. The molecular weight excluding hydrogens is 440 g/mol. The van der Waals surface area contributed by atoms with Crippen molar-refractivity contribution in [3.8, 4) is 0 Å². The van der Waals surface area contributed by atoms with Crippen molar-refractivity contribution in [2.45, 2.75) is 13.0 Å². The highest BCUT2D eigenvalue weighted by molar-refractivity contribution is 5.95. The van der Waals surface area contributed by atoms with E-state index in [1.807, 2.05) is 18.2 Å². The largest absolute Gasteiger partial charge is 0.463 e. The lowest BCUT2D eigenvalue weighted by Crippen LogP contribution is -2.52. The number of non-ortho nitro benzene ring substituents is 1. The van der Waals surface area contributed by atoms with Gasteiger partial charge in [0.1, 0.15) is 5.82 Å². The number of hydrogen-bond acceptors (Lipinski definition) is 8. The Morgan fingerprint density at radius 3 is 2.53 bits per heavy atom. The Morgan fingerprint density at radius 1 is 1.18 bits per heavy atom. The fourth-order valence-electron chi connectivity index (χ4n) is 4.13. The van der Waals surface area contributed by atoms with E-state index >= 15 is 0 Å². The minimum atomic E-state index is -0.779. The summed E-state index contributed by atoms with van der Waals surface area (Å²) in [7, 11) is 0. The second kappa shape index (κ2) is 10.3. The Balaban J connectivity index is 1.57. The lowest BCUT2D eigenvalue weighted by molar-refractivity contribution is -0.384. The average Bonchev–Trinajstić information content (AvgIpc) is 2.85. The van der Waals surface area contributed by atoms with Crippen LogP contribution < -0.4 is 15.5 Å². The van der Waals surface area contributed by atoms with Gasteiger partial charge in [-0.25, -0.2) is 14.6 Å². The number of pyridine rings is 1. The van der Waals surface area contributed by atoms with Crippen LogP contribution in [0.5, 0.6) is 0 Å². The molecule has 0 spiro atoms. The number of carbonyl (C=O) groups is 2. The molecule has 11 heteroatoms. The number of urea groups is 1. The van der Waals surface area contributed by atoms with Crippen LogP contribution in [-0.4, -0.2) is 66.1 Å². The molecule has 2 aromatic rings. The summed E-state index contributed by atoms with van der Waals surface area (Å²) in [5.74, 6) is 0.377. The molecule has 0 saturated carbocycles. The van der Waals surface area contributed by atoms with Crippen LogP contribution in [0.2, 0.25) is 0 Å².